The molecule has 0 aromatic heterocycles. The number of hydrogen-bond acceptors (Lipinski definition) is 10. The molecule has 4 fully saturated rings. The average Bonchev–Trinajstić information content (AvgIpc) is 3.45. The van der Waals surface area contributed by atoms with E-state index in [1.54, 1.807) is 30.3 Å². The summed E-state index contributed by atoms with van der Waals surface area (Å²) < 4.78 is 6.38. The fourth-order valence-corrected chi connectivity index (χ4v) is 10.5. The summed E-state index contributed by atoms with van der Waals surface area (Å²) in [7, 11) is 0. The van der Waals surface area contributed by atoms with Crippen LogP contribution >= 0.6 is 11.6 Å². The molecule has 2 N–H and O–H groups in total. The van der Waals surface area contributed by atoms with Crippen LogP contribution in [0.2, 0.25) is 5.02 Å². The Hall–Kier alpha value is -5.45. The lowest BCUT2D eigenvalue weighted by atomic mass is 9.49. The summed E-state index contributed by atoms with van der Waals surface area (Å²) in [5.41, 5.74) is 2.93. The summed E-state index contributed by atoms with van der Waals surface area (Å²) in [5.74, 6) is -1.53. The van der Waals surface area contributed by atoms with E-state index in [9.17, 15) is 29.2 Å². The number of hydrogen-bond donors (Lipinski definition) is 2. The summed E-state index contributed by atoms with van der Waals surface area (Å²) in [5, 5.41) is 15.1. The third kappa shape index (κ3) is 7.10. The molecule has 3 aromatic rings. The molecule has 1 saturated carbocycles. The maximum absolute atomic E-state index is 13.5. The van der Waals surface area contributed by atoms with Crippen LogP contribution in [0.4, 0.5) is 11.4 Å². The Bertz CT molecular complexity index is 2260. The van der Waals surface area contributed by atoms with E-state index in [0.29, 0.717) is 27.5 Å². The van der Waals surface area contributed by atoms with Crippen molar-refractivity contribution in [3.05, 3.63) is 87.9 Å². The third-order valence-electron chi connectivity index (χ3n) is 13.4. The minimum atomic E-state index is -0.982. The molecule has 13 nitrogen and oxygen atoms in total. The largest absolute Gasteiger partial charge is 0.489 e. The van der Waals surface area contributed by atoms with E-state index >= 15 is 0 Å². The fourth-order valence-electron chi connectivity index (χ4n) is 10.3. The van der Waals surface area contributed by atoms with Gasteiger partial charge in [-0.15, -0.1) is 0 Å². The van der Waals surface area contributed by atoms with Gasteiger partial charge in [-0.2, -0.15) is 5.26 Å². The number of imide groups is 2. The van der Waals surface area contributed by atoms with E-state index in [2.05, 4.69) is 66.0 Å². The lowest BCUT2D eigenvalue weighted by Gasteiger charge is -2.63. The van der Waals surface area contributed by atoms with Crippen LogP contribution in [0.15, 0.2) is 60.7 Å². The van der Waals surface area contributed by atoms with Gasteiger partial charge in [0.05, 0.1) is 21.7 Å². The van der Waals surface area contributed by atoms with Crippen LogP contribution in [0.1, 0.15) is 90.5 Å². The summed E-state index contributed by atoms with van der Waals surface area (Å²) in [6.07, 6.45) is 1.04. The number of nitrogens with zero attached hydrogens (tertiary/aromatic N) is 5. The number of rotatable bonds is 10. The highest BCUT2D eigenvalue weighted by Gasteiger charge is 2.64. The molecule has 1 aliphatic carbocycles. The van der Waals surface area contributed by atoms with Crippen LogP contribution < -0.4 is 25.2 Å². The number of fused-ring (bicyclic) bond motifs is 1. The Balaban J connectivity index is 0.822. The molecule has 4 heterocycles. The Labute approximate surface area is 349 Å². The van der Waals surface area contributed by atoms with E-state index in [0.717, 1.165) is 68.5 Å². The van der Waals surface area contributed by atoms with E-state index in [1.807, 2.05) is 30.3 Å². The molecule has 0 radical (unpaired) electrons. The highest BCUT2D eigenvalue weighted by Crippen LogP contribution is 2.55. The molecular weight excluding hydrogens is 770 g/mol. The first-order valence-electron chi connectivity index (χ1n) is 20.4. The van der Waals surface area contributed by atoms with E-state index in [-0.39, 0.29) is 52.7 Å². The van der Waals surface area contributed by atoms with Crippen molar-refractivity contribution in [2.45, 2.75) is 72.1 Å². The minimum absolute atomic E-state index is 0.0858. The lowest BCUT2D eigenvalue weighted by Crippen LogP contribution is -2.74. The number of carbonyl (C=O) groups is 5. The van der Waals surface area contributed by atoms with Gasteiger partial charge in [-0.25, -0.2) is 0 Å². The van der Waals surface area contributed by atoms with Crippen LogP contribution in [0.3, 0.4) is 0 Å². The van der Waals surface area contributed by atoms with Crippen molar-refractivity contribution < 1.29 is 28.7 Å². The zero-order chi connectivity index (χ0) is 42.0. The van der Waals surface area contributed by atoms with Crippen LogP contribution in [-0.4, -0.2) is 103 Å². The number of halogens is 1. The maximum atomic E-state index is 13.5. The van der Waals surface area contributed by atoms with Crippen molar-refractivity contribution >= 4 is 52.5 Å². The average molecular weight is 820 g/mol. The van der Waals surface area contributed by atoms with Gasteiger partial charge in [0, 0.05) is 97.5 Å². The van der Waals surface area contributed by atoms with Gasteiger partial charge in [0.1, 0.15) is 24.0 Å². The van der Waals surface area contributed by atoms with Crippen molar-refractivity contribution in [2.75, 3.05) is 55.6 Å². The molecule has 1 atom stereocenters. The normalized spacial score (nSPS) is 24.4. The van der Waals surface area contributed by atoms with Gasteiger partial charge < -0.3 is 19.9 Å². The first-order valence-corrected chi connectivity index (χ1v) is 20.8. The predicted octanol–water partition coefficient (Wildman–Crippen LogP) is 5.26. The van der Waals surface area contributed by atoms with Gasteiger partial charge in [-0.3, -0.25) is 39.1 Å². The standard InChI is InChI=1S/C45H50ClN7O6/c1-6-45(25-52(26-45)30-12-14-32-33(21-30)40(58)53(39(32)57)35-15-16-36(54)48-38(35)56)24-50-17-19-51(20-18-50)29-10-7-27(8-11-29)37(55)49-41-43(2,3)42(44(41,4)5)59-31-13-9-28(23-47)34(46)22-31/h7-14,21-22,35,41-42H,6,15-20,24-26H2,1-5H3,(H,49,55)(H,48,54,56). The smallest absolute Gasteiger partial charge is 0.262 e. The van der Waals surface area contributed by atoms with E-state index < -0.39 is 29.7 Å². The number of benzene rings is 3. The molecule has 3 aromatic carbocycles. The highest BCUT2D eigenvalue weighted by molar-refractivity contribution is 6.31. The quantitative estimate of drug-likeness (QED) is 0.259. The topological polar surface area (TPSA) is 155 Å². The molecule has 0 spiro atoms. The van der Waals surface area contributed by atoms with Crippen molar-refractivity contribution in [2.24, 2.45) is 16.2 Å². The number of amides is 5. The summed E-state index contributed by atoms with van der Waals surface area (Å²) >= 11 is 6.25. The molecule has 5 amide bonds. The van der Waals surface area contributed by atoms with Gasteiger partial charge in [0.15, 0.2) is 0 Å². The molecule has 4 aliphatic heterocycles. The molecule has 1 unspecified atom stereocenters. The molecule has 308 valence electrons. The second-order valence-corrected chi connectivity index (χ2v) is 18.4. The first kappa shape index (κ1) is 40.3. The number of nitrogens with one attached hydrogen (secondary N) is 2. The Kier molecular flexibility index (Phi) is 10.2. The second-order valence-electron chi connectivity index (χ2n) is 18.0. The van der Waals surface area contributed by atoms with Crippen LogP contribution in [-0.2, 0) is 9.59 Å². The summed E-state index contributed by atoms with van der Waals surface area (Å²) in [6, 6.07) is 19.2. The van der Waals surface area contributed by atoms with Crippen molar-refractivity contribution in [3.8, 4) is 11.8 Å². The highest BCUT2D eigenvalue weighted by atomic mass is 35.5. The van der Waals surface area contributed by atoms with Gasteiger partial charge in [0.2, 0.25) is 11.8 Å². The zero-order valence-corrected chi connectivity index (χ0v) is 34.9. The van der Waals surface area contributed by atoms with Gasteiger partial charge >= 0.3 is 0 Å². The Morgan fingerprint density at radius 3 is 2.17 bits per heavy atom. The van der Waals surface area contributed by atoms with E-state index in [4.69, 9.17) is 16.3 Å². The summed E-state index contributed by atoms with van der Waals surface area (Å²) in [4.78, 5) is 72.4. The van der Waals surface area contributed by atoms with E-state index in [1.165, 1.54) is 0 Å². The zero-order valence-electron chi connectivity index (χ0n) is 34.1. The van der Waals surface area contributed by atoms with Crippen LogP contribution in [0.5, 0.6) is 5.75 Å². The van der Waals surface area contributed by atoms with Gasteiger partial charge in [-0.05, 0) is 67.4 Å². The summed E-state index contributed by atoms with van der Waals surface area (Å²) in [6.45, 7) is 16.8. The van der Waals surface area contributed by atoms with Crippen molar-refractivity contribution in [1.29, 1.82) is 5.26 Å². The second kappa shape index (κ2) is 15.0. The molecule has 3 saturated heterocycles. The Morgan fingerprint density at radius 2 is 1.54 bits per heavy atom. The molecule has 59 heavy (non-hydrogen) atoms. The van der Waals surface area contributed by atoms with Crippen molar-refractivity contribution in [1.82, 2.24) is 20.4 Å². The first-order chi connectivity index (χ1) is 28.0. The minimum Gasteiger partial charge on any atom is -0.489 e. The van der Waals surface area contributed by atoms with Crippen LogP contribution in [0.25, 0.3) is 0 Å². The van der Waals surface area contributed by atoms with Crippen molar-refractivity contribution in [3.63, 3.8) is 0 Å². The number of piperidine rings is 1. The number of carbonyl (C=O) groups excluding carboxylic acids is 5. The molecule has 8 rings (SSSR count). The number of ether oxygens (including phenoxy) is 1. The van der Waals surface area contributed by atoms with Gasteiger partial charge in [0.25, 0.3) is 17.7 Å². The lowest BCUT2D eigenvalue weighted by molar-refractivity contribution is -0.164. The predicted molar refractivity (Wildman–Crippen MR) is 223 cm³/mol. The molecular formula is C45H50ClN7O6. The fraction of sp³-hybridized carbons (Fsp3) is 0.467. The third-order valence-corrected chi connectivity index (χ3v) is 13.8. The van der Waals surface area contributed by atoms with Crippen LogP contribution in [0, 0.1) is 27.6 Å². The number of piperazine rings is 1. The number of anilines is 2. The number of nitriles is 1. The monoisotopic (exact) mass is 819 g/mol. The molecule has 5 aliphatic rings. The van der Waals surface area contributed by atoms with Gasteiger partial charge in [-0.1, -0.05) is 46.2 Å². The molecule has 14 heteroatoms. The Morgan fingerprint density at radius 1 is 0.881 bits per heavy atom. The molecule has 0 bridgehead atoms. The maximum Gasteiger partial charge on any atom is 0.262 e. The SMILES string of the molecule is CCC1(CN2CCN(c3ccc(C(=O)NC4C(C)(C)C(Oc5ccc(C#N)c(Cl)c5)C4(C)C)cc3)CC2)CN(c2ccc3c(c2)C(=O)N(C2CCC(=O)NC2=O)C3=O)C1.